The highest BCUT2D eigenvalue weighted by molar-refractivity contribution is 5.75. The van der Waals surface area contributed by atoms with Crippen LogP contribution in [0.3, 0.4) is 0 Å². The number of ether oxygens (including phenoxy) is 1. The van der Waals surface area contributed by atoms with Crippen molar-refractivity contribution in [1.29, 1.82) is 0 Å². The number of likely N-dealkylation sites (N-methyl/N-ethyl adjacent to an activating group) is 1. The average Bonchev–Trinajstić information content (AvgIpc) is 3.21. The first-order valence-electron chi connectivity index (χ1n) is 8.66. The van der Waals surface area contributed by atoms with E-state index in [2.05, 4.69) is 27.1 Å². The van der Waals surface area contributed by atoms with Gasteiger partial charge >= 0.3 is 0 Å². The van der Waals surface area contributed by atoms with Crippen molar-refractivity contribution in [1.82, 2.24) is 29.3 Å². The van der Waals surface area contributed by atoms with Crippen LogP contribution in [0.4, 0.5) is 0 Å². The lowest BCUT2D eigenvalue weighted by atomic mass is 10.0. The van der Waals surface area contributed by atoms with Crippen LogP contribution >= 0.6 is 0 Å². The lowest BCUT2D eigenvalue weighted by Crippen LogP contribution is -2.50. The third kappa shape index (κ3) is 3.91. The quantitative estimate of drug-likeness (QED) is 0.824. The Morgan fingerprint density at radius 2 is 2.32 bits per heavy atom. The van der Waals surface area contributed by atoms with Gasteiger partial charge in [-0.3, -0.25) is 9.69 Å². The maximum absolute atomic E-state index is 12.3. The van der Waals surface area contributed by atoms with E-state index < -0.39 is 0 Å². The molecule has 136 valence electrons. The lowest BCUT2D eigenvalue weighted by Gasteiger charge is -2.40. The Labute approximate surface area is 147 Å². The van der Waals surface area contributed by atoms with Gasteiger partial charge in [-0.2, -0.15) is 0 Å². The van der Waals surface area contributed by atoms with E-state index >= 15 is 0 Å². The number of morpholine rings is 1. The molecule has 0 saturated carbocycles. The van der Waals surface area contributed by atoms with E-state index in [1.165, 1.54) is 0 Å². The van der Waals surface area contributed by atoms with Crippen LogP contribution in [0.25, 0.3) is 0 Å². The summed E-state index contributed by atoms with van der Waals surface area (Å²) in [5, 5.41) is 3.01. The molecule has 25 heavy (non-hydrogen) atoms. The Balaban J connectivity index is 1.66. The predicted molar refractivity (Wildman–Crippen MR) is 92.9 cm³/mol. The molecule has 1 amide bonds. The van der Waals surface area contributed by atoms with Gasteiger partial charge in [0.2, 0.25) is 5.91 Å². The topological polar surface area (TPSA) is 77.2 Å². The normalized spacial score (nSPS) is 21.4. The number of carbonyl (C=O) groups is 1. The molecule has 0 aromatic carbocycles. The molecule has 8 nitrogen and oxygen atoms in total. The third-order valence-electron chi connectivity index (χ3n) is 4.76. The van der Waals surface area contributed by atoms with Crippen LogP contribution in [-0.2, 0) is 23.1 Å². The Bertz CT molecular complexity index is 710. The summed E-state index contributed by atoms with van der Waals surface area (Å²) in [6.07, 6.45) is 7.09. The van der Waals surface area contributed by atoms with Crippen molar-refractivity contribution in [2.24, 2.45) is 7.05 Å². The van der Waals surface area contributed by atoms with E-state index in [4.69, 9.17) is 4.74 Å². The monoisotopic (exact) mass is 346 g/mol. The van der Waals surface area contributed by atoms with Gasteiger partial charge in [0.1, 0.15) is 12.4 Å². The first-order chi connectivity index (χ1) is 12.1. The van der Waals surface area contributed by atoms with Gasteiger partial charge in [-0.05, 0) is 13.5 Å². The second kappa shape index (κ2) is 7.79. The molecular formula is C17H26N6O2. The molecule has 0 aliphatic carbocycles. The maximum Gasteiger partial charge on any atom is 0.240 e. The zero-order valence-electron chi connectivity index (χ0n) is 15.1. The van der Waals surface area contributed by atoms with Gasteiger partial charge in [-0.25, -0.2) is 9.97 Å². The Hall–Kier alpha value is -2.19. The Kier molecular flexibility index (Phi) is 5.50. The fourth-order valence-electron chi connectivity index (χ4n) is 3.34. The summed E-state index contributed by atoms with van der Waals surface area (Å²) in [4.78, 5) is 23.0. The molecule has 1 aliphatic rings. The number of hydrogen-bond donors (Lipinski definition) is 1. The van der Waals surface area contributed by atoms with Crippen molar-refractivity contribution in [2.45, 2.75) is 32.5 Å². The van der Waals surface area contributed by atoms with Gasteiger partial charge in [0, 0.05) is 38.7 Å². The molecule has 1 N–H and O–H groups in total. The van der Waals surface area contributed by atoms with Crippen molar-refractivity contribution in [3.05, 3.63) is 36.4 Å². The van der Waals surface area contributed by atoms with E-state index in [1.54, 1.807) is 12.5 Å². The number of imidazole rings is 2. The lowest BCUT2D eigenvalue weighted by molar-refractivity contribution is -0.124. The first-order valence-corrected chi connectivity index (χ1v) is 8.66. The highest BCUT2D eigenvalue weighted by Crippen LogP contribution is 2.28. The van der Waals surface area contributed by atoms with Crippen LogP contribution in [0.15, 0.2) is 24.9 Å². The zero-order valence-corrected chi connectivity index (χ0v) is 15.1. The Morgan fingerprint density at radius 3 is 2.96 bits per heavy atom. The van der Waals surface area contributed by atoms with Crippen molar-refractivity contribution < 1.29 is 9.53 Å². The standard InChI is InChI=1S/C17H26N6O2/c1-4-22-7-8-25-15(17(22)14-9-18-12-21(14)3)10-20-16(24)11-23-6-5-19-13(23)2/h5-6,9,12,15,17H,4,7-8,10-11H2,1-3H3,(H,20,24)/t15-,17-/m0/s1. The number of aromatic nitrogens is 4. The van der Waals surface area contributed by atoms with E-state index in [0.29, 0.717) is 13.2 Å². The van der Waals surface area contributed by atoms with Crippen LogP contribution < -0.4 is 5.32 Å². The molecule has 2 atom stereocenters. The zero-order chi connectivity index (χ0) is 17.8. The average molecular weight is 346 g/mol. The molecule has 1 saturated heterocycles. The van der Waals surface area contributed by atoms with Gasteiger partial charge in [0.05, 0.1) is 30.8 Å². The van der Waals surface area contributed by atoms with Gasteiger partial charge < -0.3 is 19.2 Å². The van der Waals surface area contributed by atoms with Gasteiger partial charge in [0.25, 0.3) is 0 Å². The highest BCUT2D eigenvalue weighted by atomic mass is 16.5. The maximum atomic E-state index is 12.3. The van der Waals surface area contributed by atoms with Crippen molar-refractivity contribution in [3.63, 3.8) is 0 Å². The summed E-state index contributed by atoms with van der Waals surface area (Å²) in [5.74, 6) is 0.788. The van der Waals surface area contributed by atoms with Crippen LogP contribution in [0.2, 0.25) is 0 Å². The summed E-state index contributed by atoms with van der Waals surface area (Å²) in [7, 11) is 1.99. The van der Waals surface area contributed by atoms with Crippen LogP contribution in [0.5, 0.6) is 0 Å². The number of nitrogens with zero attached hydrogens (tertiary/aromatic N) is 5. The summed E-state index contributed by atoms with van der Waals surface area (Å²) < 4.78 is 9.84. The molecule has 1 fully saturated rings. The van der Waals surface area contributed by atoms with Crippen molar-refractivity contribution >= 4 is 5.91 Å². The third-order valence-corrected chi connectivity index (χ3v) is 4.76. The number of nitrogens with one attached hydrogen (secondary N) is 1. The molecule has 0 unspecified atom stereocenters. The summed E-state index contributed by atoms with van der Waals surface area (Å²) in [6, 6.07) is 0.0848. The smallest absolute Gasteiger partial charge is 0.240 e. The highest BCUT2D eigenvalue weighted by Gasteiger charge is 2.34. The molecule has 2 aromatic heterocycles. The number of carbonyl (C=O) groups excluding carboxylic acids is 1. The second-order valence-corrected chi connectivity index (χ2v) is 6.32. The minimum absolute atomic E-state index is 0.0397. The molecule has 8 heteroatoms. The van der Waals surface area contributed by atoms with Crippen LogP contribution in [0.1, 0.15) is 24.5 Å². The minimum atomic E-state index is -0.100. The summed E-state index contributed by atoms with van der Waals surface area (Å²) in [6.45, 7) is 7.25. The van der Waals surface area contributed by atoms with E-state index in [0.717, 1.165) is 24.6 Å². The van der Waals surface area contributed by atoms with E-state index in [9.17, 15) is 4.79 Å². The molecule has 3 rings (SSSR count). The van der Waals surface area contributed by atoms with E-state index in [1.807, 2.05) is 35.5 Å². The van der Waals surface area contributed by atoms with Gasteiger partial charge in [0.15, 0.2) is 0 Å². The molecule has 1 aliphatic heterocycles. The van der Waals surface area contributed by atoms with Crippen LogP contribution in [0, 0.1) is 6.92 Å². The van der Waals surface area contributed by atoms with Gasteiger partial charge in [-0.1, -0.05) is 6.92 Å². The first kappa shape index (κ1) is 17.6. The van der Waals surface area contributed by atoms with E-state index in [-0.39, 0.29) is 24.6 Å². The SMILES string of the molecule is CCN1CCO[C@@H](CNC(=O)Cn2ccnc2C)[C@@H]1c1cncn1C. The van der Waals surface area contributed by atoms with Crippen molar-refractivity contribution in [2.75, 3.05) is 26.2 Å². The van der Waals surface area contributed by atoms with Crippen LogP contribution in [-0.4, -0.2) is 62.3 Å². The summed E-state index contributed by atoms with van der Waals surface area (Å²) >= 11 is 0. The predicted octanol–water partition coefficient (Wildman–Crippen LogP) is 0.503. The molecule has 0 spiro atoms. The Morgan fingerprint density at radius 1 is 1.48 bits per heavy atom. The number of hydrogen-bond acceptors (Lipinski definition) is 5. The molecule has 0 radical (unpaired) electrons. The minimum Gasteiger partial charge on any atom is -0.373 e. The molecular weight excluding hydrogens is 320 g/mol. The molecule has 2 aromatic rings. The number of amides is 1. The largest absolute Gasteiger partial charge is 0.373 e. The summed E-state index contributed by atoms with van der Waals surface area (Å²) in [5.41, 5.74) is 1.10. The fraction of sp³-hybridized carbons (Fsp3) is 0.588. The molecule has 0 bridgehead atoms. The van der Waals surface area contributed by atoms with Crippen molar-refractivity contribution in [3.8, 4) is 0 Å². The molecule has 3 heterocycles. The number of aryl methyl sites for hydroxylation is 2. The second-order valence-electron chi connectivity index (χ2n) is 6.32. The number of rotatable bonds is 6. The van der Waals surface area contributed by atoms with Gasteiger partial charge in [-0.15, -0.1) is 0 Å². The fourth-order valence-corrected chi connectivity index (χ4v) is 3.34.